The number of primary amides is 1. The molecule has 13 heteroatoms. The molecule has 0 saturated heterocycles. The lowest BCUT2D eigenvalue weighted by Gasteiger charge is -2.14. The smallest absolute Gasteiger partial charge is 0.435 e. The molecule has 2 amide bonds. The van der Waals surface area contributed by atoms with Crippen LogP contribution >= 0.6 is 0 Å². The summed E-state index contributed by atoms with van der Waals surface area (Å²) < 4.78 is 6.27. The summed E-state index contributed by atoms with van der Waals surface area (Å²) in [6.07, 6.45) is 5.55. The fraction of sp³-hybridized carbons (Fsp3) is 0.261. The molecule has 186 valence electrons. The summed E-state index contributed by atoms with van der Waals surface area (Å²) in [6.45, 7) is 3.55. The number of hydrogen-bond donors (Lipinski definition) is 4. The van der Waals surface area contributed by atoms with Gasteiger partial charge in [-0.1, -0.05) is 36.9 Å². The van der Waals surface area contributed by atoms with Crippen molar-refractivity contribution >= 4 is 35.4 Å². The normalized spacial score (nSPS) is 16.7. The number of nitrogens with two attached hydrogens (primary N) is 1. The number of amides is 2. The van der Waals surface area contributed by atoms with Crippen LogP contribution in [0.25, 0.3) is 0 Å². The topological polar surface area (TPSA) is 179 Å². The fourth-order valence-electron chi connectivity index (χ4n) is 3.74. The number of nitrogens with zero attached hydrogens (tertiary/aromatic N) is 5. The lowest BCUT2D eigenvalue weighted by Crippen LogP contribution is -2.32. The summed E-state index contributed by atoms with van der Waals surface area (Å²) in [6, 6.07) is 9.25. The quantitative estimate of drug-likeness (QED) is 0.322. The van der Waals surface area contributed by atoms with Crippen molar-refractivity contribution in [2.45, 2.75) is 38.0 Å². The van der Waals surface area contributed by atoms with Gasteiger partial charge in [-0.15, -0.1) is 10.2 Å². The Morgan fingerprint density at radius 3 is 2.69 bits per heavy atom. The van der Waals surface area contributed by atoms with Crippen molar-refractivity contribution in [1.82, 2.24) is 30.3 Å². The minimum Gasteiger partial charge on any atom is -0.443 e. The van der Waals surface area contributed by atoms with Gasteiger partial charge < -0.3 is 26.4 Å². The second kappa shape index (κ2) is 11.1. The van der Waals surface area contributed by atoms with Gasteiger partial charge in [0.15, 0.2) is 11.5 Å². The molecule has 0 radical (unpaired) electrons. The Bertz CT molecular complexity index is 1260. The van der Waals surface area contributed by atoms with E-state index in [1.807, 2.05) is 30.3 Å². The molecule has 3 aromatic rings. The van der Waals surface area contributed by atoms with Crippen molar-refractivity contribution in [1.29, 1.82) is 0 Å². The summed E-state index contributed by atoms with van der Waals surface area (Å²) >= 11 is 0. The third kappa shape index (κ3) is 6.20. The summed E-state index contributed by atoms with van der Waals surface area (Å²) in [4.78, 5) is 40.0. The highest BCUT2D eigenvalue weighted by Gasteiger charge is 2.26. The average molecular weight is 492 g/mol. The molecule has 0 bridgehead atoms. The fourth-order valence-corrected chi connectivity index (χ4v) is 3.74. The molecule has 1 unspecified atom stereocenters. The van der Waals surface area contributed by atoms with Crippen LogP contribution in [0.5, 0.6) is 0 Å². The molecule has 0 spiro atoms. The molecule has 1 fully saturated rings. The minimum absolute atomic E-state index is 0.00340. The van der Waals surface area contributed by atoms with Crippen molar-refractivity contribution in [3.05, 3.63) is 66.6 Å². The zero-order valence-electron chi connectivity index (χ0n) is 19.3. The Morgan fingerprint density at radius 1 is 1.17 bits per heavy atom. The number of benzene rings is 1. The van der Waals surface area contributed by atoms with E-state index in [4.69, 9.17) is 10.5 Å². The zero-order chi connectivity index (χ0) is 25.5. The summed E-state index contributed by atoms with van der Waals surface area (Å²) in [5.74, 6) is -0.822. The number of hydrogen-bond acceptors (Lipinski definition) is 10. The second-order valence-corrected chi connectivity index (χ2v) is 8.10. The van der Waals surface area contributed by atoms with Gasteiger partial charge >= 0.3 is 6.09 Å². The summed E-state index contributed by atoms with van der Waals surface area (Å²) in [5.41, 5.74) is 6.44. The van der Waals surface area contributed by atoms with E-state index in [0.717, 1.165) is 23.1 Å². The van der Waals surface area contributed by atoms with E-state index in [9.17, 15) is 14.4 Å². The lowest BCUT2D eigenvalue weighted by atomic mass is 10.2. The molecule has 1 saturated carbocycles. The van der Waals surface area contributed by atoms with E-state index in [1.165, 1.54) is 18.5 Å². The Hall–Kier alpha value is -4.81. The van der Waals surface area contributed by atoms with E-state index in [-0.39, 0.29) is 42.1 Å². The highest BCUT2D eigenvalue weighted by atomic mass is 16.6. The second-order valence-electron chi connectivity index (χ2n) is 8.10. The van der Waals surface area contributed by atoms with Gasteiger partial charge in [0.25, 0.3) is 5.91 Å². The molecule has 2 atom stereocenters. The van der Waals surface area contributed by atoms with Crippen molar-refractivity contribution in [3.63, 3.8) is 0 Å². The first-order valence-corrected chi connectivity index (χ1v) is 11.2. The molecule has 4 rings (SSSR count). The Labute approximate surface area is 206 Å². The van der Waals surface area contributed by atoms with Gasteiger partial charge in [-0.25, -0.2) is 4.79 Å². The highest BCUT2D eigenvalue weighted by molar-refractivity contribution is 5.96. The number of ether oxygens (including phenoxy) is 1. The van der Waals surface area contributed by atoms with Crippen LogP contribution in [0.1, 0.15) is 35.3 Å². The molecule has 0 aliphatic heterocycles. The van der Waals surface area contributed by atoms with Gasteiger partial charge in [-0.05, 0) is 30.9 Å². The average Bonchev–Trinajstić information content (AvgIpc) is 3.52. The predicted octanol–water partition coefficient (Wildman–Crippen LogP) is 1.73. The maximum absolute atomic E-state index is 12.3. The van der Waals surface area contributed by atoms with Crippen LogP contribution in [0.15, 0.2) is 55.4 Å². The Morgan fingerprint density at radius 2 is 1.94 bits per heavy atom. The SMILES string of the molecule is C=CC(=O)NC1CC[C@@H](Nc2nnc(C(N)=O)c(Nc3cnn(C(=O)OCc4ccccc4)c3)n2)C1. The number of carbonyl (C=O) groups is 3. The van der Waals surface area contributed by atoms with Gasteiger partial charge in [0.2, 0.25) is 11.9 Å². The molecular weight excluding hydrogens is 466 g/mol. The largest absolute Gasteiger partial charge is 0.443 e. The summed E-state index contributed by atoms with van der Waals surface area (Å²) in [5, 5.41) is 20.7. The van der Waals surface area contributed by atoms with Crippen LogP contribution in [-0.2, 0) is 16.1 Å². The van der Waals surface area contributed by atoms with E-state index >= 15 is 0 Å². The number of carbonyl (C=O) groups excluding carboxylic acids is 3. The third-order valence-electron chi connectivity index (χ3n) is 5.46. The van der Waals surface area contributed by atoms with E-state index in [1.54, 1.807) is 0 Å². The number of anilines is 3. The maximum Gasteiger partial charge on any atom is 0.435 e. The molecule has 2 heterocycles. The van der Waals surface area contributed by atoms with E-state index in [2.05, 4.69) is 42.8 Å². The van der Waals surface area contributed by atoms with Crippen LogP contribution in [0, 0.1) is 0 Å². The monoisotopic (exact) mass is 491 g/mol. The number of aromatic nitrogens is 5. The first-order valence-electron chi connectivity index (χ1n) is 11.2. The summed E-state index contributed by atoms with van der Waals surface area (Å²) in [7, 11) is 0. The van der Waals surface area contributed by atoms with Gasteiger partial charge in [-0.2, -0.15) is 14.8 Å². The van der Waals surface area contributed by atoms with E-state index < -0.39 is 12.0 Å². The third-order valence-corrected chi connectivity index (χ3v) is 5.46. The molecule has 36 heavy (non-hydrogen) atoms. The Balaban J connectivity index is 1.41. The molecule has 1 aromatic carbocycles. The molecule has 2 aromatic heterocycles. The van der Waals surface area contributed by atoms with Gasteiger partial charge in [0.05, 0.1) is 18.1 Å². The van der Waals surface area contributed by atoms with Crippen LogP contribution < -0.4 is 21.7 Å². The first-order chi connectivity index (χ1) is 17.4. The molecule has 5 N–H and O–H groups in total. The molecule has 1 aliphatic carbocycles. The van der Waals surface area contributed by atoms with Crippen molar-refractivity contribution < 1.29 is 19.1 Å². The standard InChI is InChI=1S/C23H25N9O4/c1-2-18(33)26-15-8-9-16(10-15)28-22-29-21(19(20(24)34)30-31-22)27-17-11-25-32(12-17)23(35)36-13-14-6-4-3-5-7-14/h2-7,11-12,15-16H,1,8-10,13H2,(H2,24,34)(H,26,33)(H2,27,28,29,31)/t15?,16-/m1/s1. The van der Waals surface area contributed by atoms with Crippen LogP contribution in [0.3, 0.4) is 0 Å². The lowest BCUT2D eigenvalue weighted by molar-refractivity contribution is -0.117. The van der Waals surface area contributed by atoms with Crippen LogP contribution in [0.2, 0.25) is 0 Å². The van der Waals surface area contributed by atoms with Gasteiger partial charge in [0.1, 0.15) is 6.61 Å². The molecule has 1 aliphatic rings. The zero-order valence-corrected chi connectivity index (χ0v) is 19.3. The predicted molar refractivity (Wildman–Crippen MR) is 129 cm³/mol. The van der Waals surface area contributed by atoms with Crippen molar-refractivity contribution in [2.24, 2.45) is 5.73 Å². The Kier molecular flexibility index (Phi) is 7.48. The minimum atomic E-state index is -0.827. The van der Waals surface area contributed by atoms with Crippen molar-refractivity contribution in [3.8, 4) is 0 Å². The van der Waals surface area contributed by atoms with Crippen LogP contribution in [-0.4, -0.2) is 55.0 Å². The molecular formula is C23H25N9O4. The number of nitrogens with one attached hydrogen (secondary N) is 3. The highest BCUT2D eigenvalue weighted by Crippen LogP contribution is 2.23. The van der Waals surface area contributed by atoms with Gasteiger partial charge in [0, 0.05) is 12.1 Å². The first kappa shape index (κ1) is 24.3. The van der Waals surface area contributed by atoms with E-state index in [0.29, 0.717) is 12.1 Å². The number of rotatable bonds is 9. The van der Waals surface area contributed by atoms with Crippen molar-refractivity contribution in [2.75, 3.05) is 10.6 Å². The maximum atomic E-state index is 12.3. The molecule has 13 nitrogen and oxygen atoms in total. The van der Waals surface area contributed by atoms with Crippen LogP contribution in [0.4, 0.5) is 22.2 Å². The van der Waals surface area contributed by atoms with Gasteiger partial charge in [-0.3, -0.25) is 9.59 Å².